The van der Waals surface area contributed by atoms with Gasteiger partial charge in [-0.15, -0.1) is 10.2 Å². The van der Waals surface area contributed by atoms with Gasteiger partial charge in [0, 0.05) is 22.7 Å². The lowest BCUT2D eigenvalue weighted by Crippen LogP contribution is -2.11. The van der Waals surface area contributed by atoms with Crippen LogP contribution in [0, 0.1) is 27.2 Å². The van der Waals surface area contributed by atoms with Crippen LogP contribution in [0.4, 0.5) is 5.69 Å². The van der Waals surface area contributed by atoms with Crippen LogP contribution >= 0.6 is 27.7 Å². The molecule has 0 aliphatic carbocycles. The number of para-hydroxylation sites is 1. The fourth-order valence-corrected chi connectivity index (χ4v) is 5.15. The monoisotopic (exact) mass is 569 g/mol. The molecule has 1 atom stereocenters. The number of non-ortho nitro benzene ring substituents is 1. The number of ether oxygens (including phenoxy) is 1. The predicted octanol–water partition coefficient (Wildman–Crippen LogP) is 5.94. The molecule has 0 amide bonds. The first-order chi connectivity index (χ1) is 17.3. The third-order valence-corrected chi connectivity index (χ3v) is 7.04. The Hall–Kier alpha value is -3.77. The van der Waals surface area contributed by atoms with Crippen LogP contribution in [0.15, 0.2) is 82.4 Å². The minimum absolute atomic E-state index is 0.0110. The van der Waals surface area contributed by atoms with E-state index < -0.39 is 10.2 Å². The molecule has 4 rings (SSSR count). The molecule has 1 heterocycles. The molecule has 36 heavy (non-hydrogen) atoms. The molecule has 0 saturated carbocycles. The summed E-state index contributed by atoms with van der Waals surface area (Å²) >= 11 is 4.77. The number of hydrogen-bond donors (Lipinski definition) is 0. The number of aryl methyl sites for hydroxylation is 1. The normalized spacial score (nSPS) is 11.7. The van der Waals surface area contributed by atoms with Gasteiger partial charge in [0.05, 0.1) is 9.40 Å². The van der Waals surface area contributed by atoms with Crippen LogP contribution in [0.1, 0.15) is 22.2 Å². The lowest BCUT2D eigenvalue weighted by Gasteiger charge is -2.16. The third-order valence-electron chi connectivity index (χ3n) is 5.24. The van der Waals surface area contributed by atoms with E-state index in [0.29, 0.717) is 21.2 Å². The van der Waals surface area contributed by atoms with Crippen molar-refractivity contribution in [3.05, 3.63) is 114 Å². The van der Waals surface area contributed by atoms with Crippen molar-refractivity contribution in [1.82, 2.24) is 14.8 Å². The van der Waals surface area contributed by atoms with Crippen molar-refractivity contribution in [3.63, 3.8) is 0 Å². The molecule has 0 aliphatic heterocycles. The first-order valence-corrected chi connectivity index (χ1v) is 12.4. The van der Waals surface area contributed by atoms with E-state index in [0.717, 1.165) is 16.8 Å². The Kier molecular flexibility index (Phi) is 7.96. The molecule has 0 bridgehead atoms. The molecule has 0 fully saturated rings. The quantitative estimate of drug-likeness (QED) is 0.130. The van der Waals surface area contributed by atoms with Crippen LogP contribution in [0.2, 0.25) is 0 Å². The smallest absolute Gasteiger partial charge is 0.269 e. The molecule has 10 nitrogen and oxygen atoms in total. The summed E-state index contributed by atoms with van der Waals surface area (Å²) in [7, 11) is 0. The maximum Gasteiger partial charge on any atom is 0.269 e. The molecule has 184 valence electrons. The molecule has 0 unspecified atom stereocenters. The first kappa shape index (κ1) is 25.3. The van der Waals surface area contributed by atoms with E-state index in [1.165, 1.54) is 23.9 Å². The summed E-state index contributed by atoms with van der Waals surface area (Å²) in [6.45, 7) is 1.74. The molecule has 1 aromatic heterocycles. The second kappa shape index (κ2) is 11.3. The summed E-state index contributed by atoms with van der Waals surface area (Å²) in [5, 5.41) is 30.8. The van der Waals surface area contributed by atoms with Crippen molar-refractivity contribution in [2.75, 3.05) is 6.54 Å². The lowest BCUT2D eigenvalue weighted by atomic mass is 10.1. The number of hydrogen-bond acceptors (Lipinski definition) is 8. The van der Waals surface area contributed by atoms with Gasteiger partial charge in [-0.1, -0.05) is 36.0 Å². The molecule has 0 saturated heterocycles. The van der Waals surface area contributed by atoms with E-state index in [-0.39, 0.29) is 23.8 Å². The number of thioether (sulfide) groups is 1. The molecule has 0 radical (unpaired) electrons. The fourth-order valence-electron chi connectivity index (χ4n) is 3.48. The van der Waals surface area contributed by atoms with Crippen molar-refractivity contribution < 1.29 is 14.6 Å². The summed E-state index contributed by atoms with van der Waals surface area (Å²) < 4.78 is 8.36. The highest BCUT2D eigenvalue weighted by molar-refractivity contribution is 9.10. The number of nitro groups is 2. The van der Waals surface area contributed by atoms with Crippen LogP contribution in [0.3, 0.4) is 0 Å². The number of rotatable bonds is 10. The van der Waals surface area contributed by atoms with Crippen LogP contribution in [-0.4, -0.2) is 31.2 Å². The maximum absolute atomic E-state index is 11.5. The van der Waals surface area contributed by atoms with Crippen molar-refractivity contribution >= 4 is 33.4 Å². The minimum atomic E-state index is -0.522. The number of benzene rings is 3. The number of halogens is 1. The van der Waals surface area contributed by atoms with Crippen molar-refractivity contribution in [2.45, 2.75) is 23.9 Å². The Balaban J connectivity index is 1.53. The number of nitrogens with zero attached hydrogens (tertiary/aromatic N) is 5. The summed E-state index contributed by atoms with van der Waals surface area (Å²) in [5.41, 5.74) is 2.39. The second-order valence-electron chi connectivity index (χ2n) is 7.72. The van der Waals surface area contributed by atoms with Gasteiger partial charge in [-0.3, -0.25) is 24.8 Å². The molecule has 0 spiro atoms. The largest absolute Gasteiger partial charge is 0.488 e. The highest BCUT2D eigenvalue weighted by Crippen LogP contribution is 2.38. The van der Waals surface area contributed by atoms with Gasteiger partial charge in [0.15, 0.2) is 5.16 Å². The number of aromatic nitrogens is 3. The van der Waals surface area contributed by atoms with Gasteiger partial charge in [-0.05, 0) is 70.4 Å². The zero-order valence-corrected chi connectivity index (χ0v) is 21.4. The molecular formula is C24H20BrN5O5S. The standard InChI is InChI=1S/C24H20BrN5O5S/c1-16-26-27-24(29(16)19-5-3-2-4-6-19)36-23(14-28(31)32)18-9-12-22(21(25)13-18)35-15-17-7-10-20(11-8-17)30(33)34/h2-13,23H,14-15H2,1H3/t23-/m0/s1. The van der Waals surface area contributed by atoms with Crippen LogP contribution in [0.25, 0.3) is 5.69 Å². The average molecular weight is 570 g/mol. The zero-order chi connectivity index (χ0) is 25.7. The molecule has 0 N–H and O–H groups in total. The Bertz CT molecular complexity index is 1380. The zero-order valence-electron chi connectivity index (χ0n) is 19.0. The highest BCUT2D eigenvalue weighted by Gasteiger charge is 2.24. The van der Waals surface area contributed by atoms with Gasteiger partial charge >= 0.3 is 0 Å². The Morgan fingerprint density at radius 2 is 1.75 bits per heavy atom. The summed E-state index contributed by atoms with van der Waals surface area (Å²) in [4.78, 5) is 21.5. The Morgan fingerprint density at radius 3 is 2.39 bits per heavy atom. The third kappa shape index (κ3) is 6.07. The predicted molar refractivity (Wildman–Crippen MR) is 138 cm³/mol. The van der Waals surface area contributed by atoms with Crippen LogP contribution in [-0.2, 0) is 6.61 Å². The minimum Gasteiger partial charge on any atom is -0.488 e. The molecule has 4 aromatic rings. The van der Waals surface area contributed by atoms with Crippen molar-refractivity contribution in [1.29, 1.82) is 0 Å². The van der Waals surface area contributed by atoms with E-state index >= 15 is 0 Å². The lowest BCUT2D eigenvalue weighted by molar-refractivity contribution is -0.479. The van der Waals surface area contributed by atoms with Gasteiger partial charge < -0.3 is 4.74 Å². The molecular weight excluding hydrogens is 550 g/mol. The van der Waals surface area contributed by atoms with Crippen LogP contribution in [0.5, 0.6) is 5.75 Å². The summed E-state index contributed by atoms with van der Waals surface area (Å²) in [5.74, 6) is 1.23. The van der Waals surface area contributed by atoms with E-state index in [1.54, 1.807) is 30.3 Å². The van der Waals surface area contributed by atoms with E-state index in [4.69, 9.17) is 4.74 Å². The van der Waals surface area contributed by atoms with Gasteiger partial charge in [0.25, 0.3) is 5.69 Å². The van der Waals surface area contributed by atoms with Crippen molar-refractivity contribution in [3.8, 4) is 11.4 Å². The molecule has 12 heteroatoms. The molecule has 0 aliphatic rings. The summed E-state index contributed by atoms with van der Waals surface area (Å²) in [6.07, 6.45) is 0. The SMILES string of the molecule is Cc1nnc(S[C@@H](C[N+](=O)[O-])c2ccc(OCc3ccc([N+](=O)[O-])cc3)c(Br)c2)n1-c1ccccc1. The van der Waals surface area contributed by atoms with E-state index in [1.807, 2.05) is 41.8 Å². The van der Waals surface area contributed by atoms with E-state index in [2.05, 4.69) is 26.1 Å². The Labute approximate surface area is 218 Å². The highest BCUT2D eigenvalue weighted by atomic mass is 79.9. The summed E-state index contributed by atoms with van der Waals surface area (Å²) in [6, 6.07) is 21.0. The van der Waals surface area contributed by atoms with Gasteiger partial charge in [0.1, 0.15) is 23.4 Å². The Morgan fingerprint density at radius 1 is 1.03 bits per heavy atom. The van der Waals surface area contributed by atoms with Gasteiger partial charge in [0.2, 0.25) is 6.54 Å². The van der Waals surface area contributed by atoms with Gasteiger partial charge in [-0.25, -0.2) is 0 Å². The second-order valence-corrected chi connectivity index (χ2v) is 9.75. The topological polar surface area (TPSA) is 126 Å². The number of nitro benzene ring substituents is 1. The van der Waals surface area contributed by atoms with Crippen LogP contribution < -0.4 is 4.74 Å². The van der Waals surface area contributed by atoms with Crippen molar-refractivity contribution in [2.24, 2.45) is 0 Å². The first-order valence-electron chi connectivity index (χ1n) is 10.7. The fraction of sp³-hybridized carbons (Fsp3) is 0.167. The molecule has 3 aromatic carbocycles. The average Bonchev–Trinajstić information content (AvgIpc) is 3.23. The van der Waals surface area contributed by atoms with Gasteiger partial charge in [-0.2, -0.15) is 0 Å². The van der Waals surface area contributed by atoms with E-state index in [9.17, 15) is 20.2 Å². The maximum atomic E-state index is 11.5.